The highest BCUT2D eigenvalue weighted by molar-refractivity contribution is 7.92. The van der Waals surface area contributed by atoms with Crippen LogP contribution in [0.4, 0.5) is 5.69 Å². The van der Waals surface area contributed by atoms with Crippen molar-refractivity contribution in [1.29, 1.82) is 0 Å². The van der Waals surface area contributed by atoms with Crippen LogP contribution in [0.5, 0.6) is 0 Å². The van der Waals surface area contributed by atoms with E-state index in [9.17, 15) is 18.0 Å². The molecule has 2 rings (SSSR count). The minimum Gasteiger partial charge on any atom is -0.452 e. The van der Waals surface area contributed by atoms with Crippen molar-refractivity contribution >= 4 is 39.2 Å². The molecule has 0 aliphatic rings. The smallest absolute Gasteiger partial charge is 0.340 e. The van der Waals surface area contributed by atoms with Gasteiger partial charge in [-0.15, -0.1) is 0 Å². The third kappa shape index (κ3) is 6.22. The fourth-order valence-corrected chi connectivity index (χ4v) is 3.33. The number of sulfonamides is 1. The first-order chi connectivity index (χ1) is 13.3. The number of hydrogen-bond donors (Lipinski definition) is 2. The van der Waals surface area contributed by atoms with Gasteiger partial charge >= 0.3 is 5.97 Å². The number of carbonyl (C=O) groups is 2. The van der Waals surface area contributed by atoms with Crippen molar-refractivity contribution in [3.63, 3.8) is 0 Å². The van der Waals surface area contributed by atoms with E-state index in [0.717, 1.165) is 0 Å². The van der Waals surface area contributed by atoms with E-state index in [4.69, 9.17) is 21.1 Å². The summed E-state index contributed by atoms with van der Waals surface area (Å²) in [7, 11) is -2.45. The highest BCUT2D eigenvalue weighted by Gasteiger charge is 2.20. The van der Waals surface area contributed by atoms with E-state index >= 15 is 0 Å². The van der Waals surface area contributed by atoms with E-state index in [1.54, 1.807) is 12.1 Å². The number of esters is 1. The lowest BCUT2D eigenvalue weighted by molar-refractivity contribution is -0.124. The van der Waals surface area contributed by atoms with E-state index in [-0.39, 0.29) is 22.7 Å². The number of anilines is 1. The normalized spacial score (nSPS) is 10.9. The molecule has 0 saturated carbocycles. The van der Waals surface area contributed by atoms with Crippen LogP contribution in [-0.2, 0) is 24.3 Å². The number of rotatable bonds is 9. The molecule has 2 aromatic carbocycles. The zero-order chi connectivity index (χ0) is 20.6. The fraction of sp³-hybridized carbons (Fsp3) is 0.222. The summed E-state index contributed by atoms with van der Waals surface area (Å²) in [6.45, 7) is 0.111. The number of halogens is 1. The van der Waals surface area contributed by atoms with Crippen molar-refractivity contribution in [2.75, 3.05) is 31.6 Å². The Morgan fingerprint density at radius 1 is 1.07 bits per heavy atom. The van der Waals surface area contributed by atoms with Crippen molar-refractivity contribution in [2.45, 2.75) is 4.90 Å². The van der Waals surface area contributed by atoms with Gasteiger partial charge < -0.3 is 14.8 Å². The maximum atomic E-state index is 12.5. The van der Waals surface area contributed by atoms with Crippen LogP contribution in [0.3, 0.4) is 0 Å². The zero-order valence-corrected chi connectivity index (χ0v) is 16.5. The number of carbonyl (C=O) groups excluding carboxylic acids is 2. The summed E-state index contributed by atoms with van der Waals surface area (Å²) < 4.78 is 37.1. The molecule has 2 N–H and O–H groups in total. The molecule has 2 aromatic rings. The van der Waals surface area contributed by atoms with Crippen LogP contribution >= 0.6 is 11.6 Å². The average molecular weight is 427 g/mol. The Balaban J connectivity index is 2.08. The lowest BCUT2D eigenvalue weighted by Crippen LogP contribution is -2.31. The standard InChI is InChI=1S/C18H19ClN2O6S/c1-26-11-10-20-17(22)12-27-18(23)15-4-2-3-5-16(15)21-28(24,25)14-8-6-13(19)7-9-14/h2-9,21H,10-12H2,1H3,(H,20,22). The molecule has 0 bridgehead atoms. The quantitative estimate of drug-likeness (QED) is 0.469. The first kappa shape index (κ1) is 21.7. The van der Waals surface area contributed by atoms with Gasteiger partial charge in [0.25, 0.3) is 15.9 Å². The summed E-state index contributed by atoms with van der Waals surface area (Å²) in [5.74, 6) is -1.33. The largest absolute Gasteiger partial charge is 0.452 e. The molecule has 1 amide bonds. The van der Waals surface area contributed by atoms with Crippen LogP contribution in [0.1, 0.15) is 10.4 Å². The Hall–Kier alpha value is -2.62. The Morgan fingerprint density at radius 3 is 2.43 bits per heavy atom. The predicted molar refractivity (Wildman–Crippen MR) is 104 cm³/mol. The number of nitrogens with one attached hydrogen (secondary N) is 2. The van der Waals surface area contributed by atoms with Crippen molar-refractivity contribution in [3.05, 3.63) is 59.1 Å². The summed E-state index contributed by atoms with van der Waals surface area (Å²) in [6.07, 6.45) is 0. The van der Waals surface area contributed by atoms with E-state index in [1.165, 1.54) is 43.5 Å². The van der Waals surface area contributed by atoms with Gasteiger partial charge in [-0.05, 0) is 36.4 Å². The molecule has 150 valence electrons. The molecule has 0 aromatic heterocycles. The Morgan fingerprint density at radius 2 is 1.75 bits per heavy atom. The highest BCUT2D eigenvalue weighted by Crippen LogP contribution is 2.22. The van der Waals surface area contributed by atoms with Gasteiger partial charge in [0.15, 0.2) is 6.61 Å². The number of ether oxygens (including phenoxy) is 2. The van der Waals surface area contributed by atoms with Gasteiger partial charge in [-0.2, -0.15) is 0 Å². The van der Waals surface area contributed by atoms with Gasteiger partial charge in [0, 0.05) is 18.7 Å². The van der Waals surface area contributed by atoms with Crippen LogP contribution in [0.2, 0.25) is 5.02 Å². The van der Waals surface area contributed by atoms with Crippen LogP contribution in [-0.4, -0.2) is 47.2 Å². The number of amides is 1. The molecule has 0 aliphatic carbocycles. The third-order valence-corrected chi connectivity index (χ3v) is 5.11. The number of benzene rings is 2. The second kappa shape index (κ2) is 10.1. The topological polar surface area (TPSA) is 111 Å². The molecule has 0 aliphatic heterocycles. The minimum absolute atomic E-state index is 0.0161. The second-order valence-electron chi connectivity index (χ2n) is 5.52. The molecule has 0 unspecified atom stereocenters. The Labute approximate surface area is 167 Å². The van der Waals surface area contributed by atoms with Crippen LogP contribution < -0.4 is 10.0 Å². The second-order valence-corrected chi connectivity index (χ2v) is 7.64. The number of methoxy groups -OCH3 is 1. The molecule has 8 nitrogen and oxygen atoms in total. The van der Waals surface area contributed by atoms with E-state index < -0.39 is 28.5 Å². The average Bonchev–Trinajstić information content (AvgIpc) is 2.67. The molecule has 10 heteroatoms. The van der Waals surface area contributed by atoms with E-state index in [0.29, 0.717) is 11.6 Å². The first-order valence-electron chi connectivity index (χ1n) is 8.13. The molecule has 0 radical (unpaired) electrons. The molecule has 28 heavy (non-hydrogen) atoms. The van der Waals surface area contributed by atoms with Gasteiger partial charge in [-0.25, -0.2) is 13.2 Å². The summed E-state index contributed by atoms with van der Waals surface area (Å²) in [5, 5.41) is 2.90. The van der Waals surface area contributed by atoms with Crippen molar-refractivity contribution in [2.24, 2.45) is 0 Å². The van der Waals surface area contributed by atoms with Crippen LogP contribution in [0.25, 0.3) is 0 Å². The fourth-order valence-electron chi connectivity index (χ4n) is 2.12. The van der Waals surface area contributed by atoms with Crippen molar-refractivity contribution in [3.8, 4) is 0 Å². The van der Waals surface area contributed by atoms with E-state index in [1.807, 2.05) is 0 Å². The minimum atomic E-state index is -3.94. The predicted octanol–water partition coefficient (Wildman–Crippen LogP) is 2.06. The zero-order valence-electron chi connectivity index (χ0n) is 15.0. The maximum absolute atomic E-state index is 12.5. The molecule has 0 atom stereocenters. The monoisotopic (exact) mass is 426 g/mol. The number of para-hydroxylation sites is 1. The van der Waals surface area contributed by atoms with Crippen molar-refractivity contribution in [1.82, 2.24) is 5.32 Å². The lowest BCUT2D eigenvalue weighted by Gasteiger charge is -2.12. The number of hydrogen-bond acceptors (Lipinski definition) is 6. The lowest BCUT2D eigenvalue weighted by atomic mass is 10.2. The molecular formula is C18H19ClN2O6S. The Bertz CT molecular complexity index is 931. The molecule has 0 spiro atoms. The van der Waals surface area contributed by atoms with Crippen molar-refractivity contribution < 1.29 is 27.5 Å². The van der Waals surface area contributed by atoms with Gasteiger partial charge in [0.05, 0.1) is 22.8 Å². The van der Waals surface area contributed by atoms with E-state index in [2.05, 4.69) is 10.0 Å². The summed E-state index contributed by atoms with van der Waals surface area (Å²) in [4.78, 5) is 23.9. The first-order valence-corrected chi connectivity index (χ1v) is 10.00. The molecule has 0 fully saturated rings. The van der Waals surface area contributed by atoms with Gasteiger partial charge in [0.1, 0.15) is 0 Å². The third-order valence-electron chi connectivity index (χ3n) is 3.48. The SMILES string of the molecule is COCCNC(=O)COC(=O)c1ccccc1NS(=O)(=O)c1ccc(Cl)cc1. The highest BCUT2D eigenvalue weighted by atomic mass is 35.5. The van der Waals surface area contributed by atoms with Gasteiger partial charge in [-0.3, -0.25) is 9.52 Å². The summed E-state index contributed by atoms with van der Waals surface area (Å²) in [6, 6.07) is 11.5. The van der Waals surface area contributed by atoms with Gasteiger partial charge in [0.2, 0.25) is 0 Å². The maximum Gasteiger partial charge on any atom is 0.340 e. The van der Waals surface area contributed by atoms with Gasteiger partial charge in [-0.1, -0.05) is 23.7 Å². The molecule has 0 saturated heterocycles. The summed E-state index contributed by atoms with van der Waals surface area (Å²) >= 11 is 5.77. The Kier molecular flexibility index (Phi) is 7.80. The van der Waals surface area contributed by atoms with Crippen LogP contribution in [0.15, 0.2) is 53.4 Å². The summed E-state index contributed by atoms with van der Waals surface area (Å²) in [5.41, 5.74) is 0.00645. The molecular weight excluding hydrogens is 408 g/mol. The van der Waals surface area contributed by atoms with Crippen LogP contribution in [0, 0.1) is 0 Å². The molecule has 0 heterocycles.